The minimum absolute atomic E-state index is 0. The van der Waals surface area contributed by atoms with Gasteiger partial charge in [-0.1, -0.05) is 91.0 Å². The Morgan fingerprint density at radius 3 is 1.05 bits per heavy atom. The van der Waals surface area contributed by atoms with Crippen LogP contribution in [0.1, 0.15) is 16.7 Å². The van der Waals surface area contributed by atoms with Crippen molar-refractivity contribution in [3.8, 4) is 0 Å². The van der Waals surface area contributed by atoms with Crippen molar-refractivity contribution in [2.75, 3.05) is 6.54 Å². The van der Waals surface area contributed by atoms with E-state index in [4.69, 9.17) is 5.73 Å². The van der Waals surface area contributed by atoms with Gasteiger partial charge in [-0.15, -0.1) is 17.0 Å². The van der Waals surface area contributed by atoms with Crippen LogP contribution in [0.15, 0.2) is 91.0 Å². The van der Waals surface area contributed by atoms with Crippen LogP contribution >= 0.6 is 17.0 Å². The molecule has 0 aliphatic carbocycles. The van der Waals surface area contributed by atoms with E-state index in [0.29, 0.717) is 6.54 Å². The second-order valence-corrected chi connectivity index (χ2v) is 5.21. The molecule has 3 rings (SSSR count). The molecule has 1 nitrogen and oxygen atoms in total. The molecule has 0 aromatic heterocycles. The van der Waals surface area contributed by atoms with E-state index in [1.807, 2.05) is 18.2 Å². The number of benzene rings is 3. The van der Waals surface area contributed by atoms with E-state index in [1.165, 1.54) is 16.7 Å². The lowest BCUT2D eigenvalue weighted by Gasteiger charge is -2.34. The van der Waals surface area contributed by atoms with Crippen molar-refractivity contribution in [3.05, 3.63) is 108 Å². The maximum atomic E-state index is 6.30. The minimum Gasteiger partial charge on any atom is -0.329 e. The molecule has 0 saturated heterocycles. The van der Waals surface area contributed by atoms with E-state index >= 15 is 0 Å². The van der Waals surface area contributed by atoms with E-state index in [9.17, 15) is 0 Å². The van der Waals surface area contributed by atoms with Crippen LogP contribution in [0.3, 0.4) is 0 Å². The standard InChI is InChI=1S/C20H19N.BrH/c21-16-20(17-10-4-1-5-11-17,18-12-6-2-7-13-18)19-14-8-3-9-15-19;/h1-15H,16,21H2;1H. The summed E-state index contributed by atoms with van der Waals surface area (Å²) >= 11 is 0. The van der Waals surface area contributed by atoms with E-state index in [2.05, 4.69) is 72.8 Å². The van der Waals surface area contributed by atoms with Crippen molar-refractivity contribution >= 4 is 17.0 Å². The molecule has 0 atom stereocenters. The van der Waals surface area contributed by atoms with Gasteiger partial charge in [-0.3, -0.25) is 0 Å². The van der Waals surface area contributed by atoms with Crippen LogP contribution in [-0.2, 0) is 5.41 Å². The van der Waals surface area contributed by atoms with E-state index in [0.717, 1.165) is 0 Å². The van der Waals surface area contributed by atoms with Gasteiger partial charge in [0.25, 0.3) is 0 Å². The van der Waals surface area contributed by atoms with Crippen molar-refractivity contribution in [2.24, 2.45) is 5.73 Å². The maximum absolute atomic E-state index is 6.30. The summed E-state index contributed by atoms with van der Waals surface area (Å²) in [6.45, 7) is 0.533. The topological polar surface area (TPSA) is 26.0 Å². The Hall–Kier alpha value is -1.90. The number of hydrogen-bond acceptors (Lipinski definition) is 1. The molecular weight excluding hydrogens is 334 g/mol. The zero-order valence-electron chi connectivity index (χ0n) is 12.4. The van der Waals surface area contributed by atoms with Gasteiger partial charge < -0.3 is 5.73 Å². The van der Waals surface area contributed by atoms with Crippen LogP contribution in [-0.4, -0.2) is 6.54 Å². The molecule has 0 radical (unpaired) electrons. The molecule has 3 aromatic carbocycles. The first-order valence-electron chi connectivity index (χ1n) is 7.24. The second kappa shape index (κ2) is 7.39. The molecule has 0 bridgehead atoms. The van der Waals surface area contributed by atoms with Gasteiger partial charge in [-0.25, -0.2) is 0 Å². The summed E-state index contributed by atoms with van der Waals surface area (Å²) in [4.78, 5) is 0. The Labute approximate surface area is 142 Å². The highest BCUT2D eigenvalue weighted by atomic mass is 79.9. The van der Waals surface area contributed by atoms with Gasteiger partial charge in [-0.2, -0.15) is 0 Å². The summed E-state index contributed by atoms with van der Waals surface area (Å²) in [5, 5.41) is 0. The Morgan fingerprint density at radius 1 is 0.545 bits per heavy atom. The highest BCUT2D eigenvalue weighted by molar-refractivity contribution is 8.93. The van der Waals surface area contributed by atoms with Crippen molar-refractivity contribution in [2.45, 2.75) is 5.41 Å². The van der Waals surface area contributed by atoms with Crippen molar-refractivity contribution in [1.29, 1.82) is 0 Å². The van der Waals surface area contributed by atoms with E-state index < -0.39 is 0 Å². The number of hydrogen-bond donors (Lipinski definition) is 1. The molecule has 0 fully saturated rings. The normalized spacial score (nSPS) is 10.8. The van der Waals surface area contributed by atoms with Crippen LogP contribution in [0, 0.1) is 0 Å². The molecule has 2 heteroatoms. The van der Waals surface area contributed by atoms with Crippen molar-refractivity contribution < 1.29 is 0 Å². The lowest BCUT2D eigenvalue weighted by molar-refractivity contribution is 0.629. The summed E-state index contributed by atoms with van der Waals surface area (Å²) < 4.78 is 0. The lowest BCUT2D eigenvalue weighted by Crippen LogP contribution is -2.37. The van der Waals surface area contributed by atoms with Gasteiger partial charge >= 0.3 is 0 Å². The van der Waals surface area contributed by atoms with Gasteiger partial charge in [0.1, 0.15) is 0 Å². The van der Waals surface area contributed by atoms with Crippen LogP contribution in [0.25, 0.3) is 0 Å². The number of halogens is 1. The summed E-state index contributed by atoms with van der Waals surface area (Å²) in [5.41, 5.74) is 9.68. The molecule has 2 N–H and O–H groups in total. The first-order chi connectivity index (χ1) is 10.4. The zero-order chi connectivity index (χ0) is 14.5. The molecule has 112 valence electrons. The molecule has 0 aliphatic rings. The molecule has 22 heavy (non-hydrogen) atoms. The Bertz CT molecular complexity index is 584. The smallest absolute Gasteiger partial charge is 0.0573 e. The zero-order valence-corrected chi connectivity index (χ0v) is 14.1. The number of nitrogens with two attached hydrogens (primary N) is 1. The van der Waals surface area contributed by atoms with Crippen LogP contribution in [0.5, 0.6) is 0 Å². The largest absolute Gasteiger partial charge is 0.329 e. The molecule has 0 saturated carbocycles. The molecule has 3 aromatic rings. The fourth-order valence-corrected chi connectivity index (χ4v) is 3.02. The van der Waals surface area contributed by atoms with Gasteiger partial charge in [0.05, 0.1) is 5.41 Å². The molecule has 0 amide bonds. The molecule has 0 spiro atoms. The predicted octanol–water partition coefficient (Wildman–Crippen LogP) is 4.56. The fourth-order valence-electron chi connectivity index (χ4n) is 3.02. The predicted molar refractivity (Wildman–Crippen MR) is 98.6 cm³/mol. The first kappa shape index (κ1) is 16.5. The van der Waals surface area contributed by atoms with Crippen LogP contribution in [0.2, 0.25) is 0 Å². The summed E-state index contributed by atoms with van der Waals surface area (Å²) in [6, 6.07) is 31.5. The highest BCUT2D eigenvalue weighted by Crippen LogP contribution is 2.37. The Kier molecular flexibility index (Phi) is 5.53. The van der Waals surface area contributed by atoms with Gasteiger partial charge in [0.2, 0.25) is 0 Å². The quantitative estimate of drug-likeness (QED) is 0.683. The van der Waals surface area contributed by atoms with Crippen LogP contribution < -0.4 is 5.73 Å². The molecule has 0 unspecified atom stereocenters. The van der Waals surface area contributed by atoms with Gasteiger partial charge in [0.15, 0.2) is 0 Å². The fraction of sp³-hybridized carbons (Fsp3) is 0.100. The van der Waals surface area contributed by atoms with Gasteiger partial charge in [0, 0.05) is 6.54 Å². The average molecular weight is 354 g/mol. The molecule has 0 aliphatic heterocycles. The third-order valence-electron chi connectivity index (χ3n) is 4.11. The minimum atomic E-state index is -0.302. The Morgan fingerprint density at radius 2 is 0.818 bits per heavy atom. The lowest BCUT2D eigenvalue weighted by atomic mass is 9.69. The summed E-state index contributed by atoms with van der Waals surface area (Å²) in [5.74, 6) is 0. The third kappa shape index (κ3) is 2.85. The van der Waals surface area contributed by atoms with E-state index in [-0.39, 0.29) is 22.4 Å². The summed E-state index contributed by atoms with van der Waals surface area (Å²) in [7, 11) is 0. The SMILES string of the molecule is Br.NCC(c1ccccc1)(c1ccccc1)c1ccccc1. The molecular formula is C20H20BrN. The second-order valence-electron chi connectivity index (χ2n) is 5.21. The van der Waals surface area contributed by atoms with Gasteiger partial charge in [-0.05, 0) is 16.7 Å². The molecule has 0 heterocycles. The van der Waals surface area contributed by atoms with Crippen molar-refractivity contribution in [1.82, 2.24) is 0 Å². The highest BCUT2D eigenvalue weighted by Gasteiger charge is 2.34. The maximum Gasteiger partial charge on any atom is 0.0573 e. The van der Waals surface area contributed by atoms with E-state index in [1.54, 1.807) is 0 Å². The van der Waals surface area contributed by atoms with Crippen LogP contribution in [0.4, 0.5) is 0 Å². The monoisotopic (exact) mass is 353 g/mol. The third-order valence-corrected chi connectivity index (χ3v) is 4.11. The summed E-state index contributed by atoms with van der Waals surface area (Å²) in [6.07, 6.45) is 0. The van der Waals surface area contributed by atoms with Crippen molar-refractivity contribution in [3.63, 3.8) is 0 Å². The first-order valence-corrected chi connectivity index (χ1v) is 7.24. The number of rotatable bonds is 4. The average Bonchev–Trinajstić information content (AvgIpc) is 2.59. The Balaban J connectivity index is 0.00000176.